The minimum absolute atomic E-state index is 0.103. The summed E-state index contributed by atoms with van der Waals surface area (Å²) in [5.74, 6) is -0.757. The van der Waals surface area contributed by atoms with E-state index in [2.05, 4.69) is 20.8 Å². The Hall–Kier alpha value is -3.46. The van der Waals surface area contributed by atoms with Gasteiger partial charge in [-0.05, 0) is 41.8 Å². The van der Waals surface area contributed by atoms with Crippen LogP contribution in [0.4, 0.5) is 0 Å². The first-order valence-electron chi connectivity index (χ1n) is 13.1. The third-order valence-electron chi connectivity index (χ3n) is 7.08. The molecule has 2 heterocycles. The molecule has 0 spiro atoms. The number of ether oxygens (including phenoxy) is 2. The van der Waals surface area contributed by atoms with Crippen molar-refractivity contribution in [1.29, 1.82) is 0 Å². The second-order valence-corrected chi connectivity index (χ2v) is 10.6. The molecule has 202 valence electrons. The van der Waals surface area contributed by atoms with Gasteiger partial charge >= 0.3 is 0 Å². The molecule has 0 bridgehead atoms. The number of aliphatic hydroxyl groups excluding tert-OH is 1. The number of hydrogen-bond donors (Lipinski definition) is 1. The highest BCUT2D eigenvalue weighted by atomic mass is 79.9. The number of likely N-dealkylation sites (tertiary alicyclic amines) is 1. The molecule has 2 fully saturated rings. The zero-order chi connectivity index (χ0) is 27.2. The molecule has 0 aliphatic carbocycles. The Labute approximate surface area is 236 Å². The topological polar surface area (TPSA) is 79.3 Å². The summed E-state index contributed by atoms with van der Waals surface area (Å²) in [5.41, 5.74) is 2.39. The van der Waals surface area contributed by atoms with E-state index < -0.39 is 17.7 Å². The fourth-order valence-corrected chi connectivity index (χ4v) is 5.26. The molecule has 39 heavy (non-hydrogen) atoms. The molecule has 2 aliphatic heterocycles. The van der Waals surface area contributed by atoms with Crippen molar-refractivity contribution in [3.8, 4) is 5.75 Å². The Balaban J connectivity index is 1.41. The van der Waals surface area contributed by atoms with Gasteiger partial charge in [0, 0.05) is 36.2 Å². The molecule has 3 aromatic rings. The largest absolute Gasteiger partial charge is 0.507 e. The summed E-state index contributed by atoms with van der Waals surface area (Å²) in [7, 11) is 0. The van der Waals surface area contributed by atoms with Gasteiger partial charge < -0.3 is 19.5 Å². The minimum Gasteiger partial charge on any atom is -0.507 e. The van der Waals surface area contributed by atoms with Gasteiger partial charge in [-0.2, -0.15) is 0 Å². The van der Waals surface area contributed by atoms with E-state index in [0.717, 1.165) is 35.2 Å². The van der Waals surface area contributed by atoms with E-state index in [1.807, 2.05) is 54.6 Å². The van der Waals surface area contributed by atoms with E-state index in [4.69, 9.17) is 9.47 Å². The number of morpholine rings is 1. The molecule has 2 saturated heterocycles. The average Bonchev–Trinajstić information content (AvgIpc) is 3.22. The third-order valence-corrected chi connectivity index (χ3v) is 7.61. The summed E-state index contributed by atoms with van der Waals surface area (Å²) in [4.78, 5) is 30.5. The van der Waals surface area contributed by atoms with Crippen LogP contribution in [0, 0.1) is 0 Å². The van der Waals surface area contributed by atoms with Crippen LogP contribution in [-0.4, -0.2) is 66.0 Å². The summed E-state index contributed by atoms with van der Waals surface area (Å²) in [6, 6.07) is 23.6. The van der Waals surface area contributed by atoms with Crippen LogP contribution >= 0.6 is 15.9 Å². The van der Waals surface area contributed by atoms with Gasteiger partial charge in [0.05, 0.1) is 24.8 Å². The first kappa shape index (κ1) is 27.1. The lowest BCUT2D eigenvalue weighted by molar-refractivity contribution is -0.140. The number of benzene rings is 3. The standard InChI is InChI=1S/C31H31BrN2O5/c32-25-11-7-24(8-12-25)29(35)27-28(23-9-13-26(14-10-23)39-21-22-5-2-1-3-6-22)34(31(37)30(27)36)16-4-15-33-17-19-38-20-18-33/h1-3,5-14,28,35H,4,15-21H2/t28-/m0/s1. The number of nitrogens with zero attached hydrogens (tertiary/aromatic N) is 2. The van der Waals surface area contributed by atoms with Crippen LogP contribution in [0.5, 0.6) is 5.75 Å². The number of carbonyl (C=O) groups excluding carboxylic acids is 2. The molecule has 1 atom stereocenters. The maximum Gasteiger partial charge on any atom is 0.295 e. The van der Waals surface area contributed by atoms with Crippen LogP contribution in [0.25, 0.3) is 5.76 Å². The van der Waals surface area contributed by atoms with E-state index >= 15 is 0 Å². The fraction of sp³-hybridized carbons (Fsp3) is 0.290. The highest BCUT2D eigenvalue weighted by Crippen LogP contribution is 2.40. The first-order valence-corrected chi connectivity index (χ1v) is 13.9. The van der Waals surface area contributed by atoms with Crippen molar-refractivity contribution in [1.82, 2.24) is 9.80 Å². The molecule has 7 nitrogen and oxygen atoms in total. The van der Waals surface area contributed by atoms with Gasteiger partial charge in [-0.25, -0.2) is 0 Å². The Morgan fingerprint density at radius 2 is 1.62 bits per heavy atom. The maximum atomic E-state index is 13.3. The Morgan fingerprint density at radius 3 is 2.31 bits per heavy atom. The van der Waals surface area contributed by atoms with Gasteiger partial charge in [0.2, 0.25) is 0 Å². The van der Waals surface area contributed by atoms with Crippen LogP contribution in [0.2, 0.25) is 0 Å². The Morgan fingerprint density at radius 1 is 0.923 bits per heavy atom. The summed E-state index contributed by atoms with van der Waals surface area (Å²) < 4.78 is 12.2. The van der Waals surface area contributed by atoms with E-state index in [-0.39, 0.29) is 11.3 Å². The average molecular weight is 592 g/mol. The molecule has 2 aliphatic rings. The Bertz CT molecular complexity index is 1320. The van der Waals surface area contributed by atoms with Crippen molar-refractivity contribution in [2.75, 3.05) is 39.4 Å². The van der Waals surface area contributed by atoms with Crippen molar-refractivity contribution >= 4 is 33.4 Å². The number of halogens is 1. The van der Waals surface area contributed by atoms with Gasteiger partial charge in [0.1, 0.15) is 18.1 Å². The monoisotopic (exact) mass is 590 g/mol. The summed E-state index contributed by atoms with van der Waals surface area (Å²) in [5, 5.41) is 11.3. The highest BCUT2D eigenvalue weighted by Gasteiger charge is 2.45. The van der Waals surface area contributed by atoms with Crippen molar-refractivity contribution in [2.24, 2.45) is 0 Å². The van der Waals surface area contributed by atoms with E-state index in [0.29, 0.717) is 44.1 Å². The predicted octanol–water partition coefficient (Wildman–Crippen LogP) is 5.17. The molecule has 0 aromatic heterocycles. The molecule has 0 unspecified atom stereocenters. The first-order chi connectivity index (χ1) is 19.0. The van der Waals surface area contributed by atoms with Crippen LogP contribution in [0.3, 0.4) is 0 Å². The molecule has 0 radical (unpaired) electrons. The maximum absolute atomic E-state index is 13.3. The smallest absolute Gasteiger partial charge is 0.295 e. The molecule has 1 amide bonds. The van der Waals surface area contributed by atoms with Crippen LogP contribution < -0.4 is 4.74 Å². The summed E-state index contributed by atoms with van der Waals surface area (Å²) >= 11 is 3.40. The number of Topliss-reactive ketones (excluding diaryl/α,β-unsaturated/α-hetero) is 1. The van der Waals surface area contributed by atoms with E-state index in [1.54, 1.807) is 29.2 Å². The molecule has 8 heteroatoms. The van der Waals surface area contributed by atoms with Gasteiger partial charge in [0.25, 0.3) is 11.7 Å². The van der Waals surface area contributed by atoms with Gasteiger partial charge in [-0.3, -0.25) is 14.5 Å². The lowest BCUT2D eigenvalue weighted by atomic mass is 9.95. The zero-order valence-electron chi connectivity index (χ0n) is 21.6. The van der Waals surface area contributed by atoms with Gasteiger partial charge in [-0.15, -0.1) is 0 Å². The number of aliphatic hydroxyl groups is 1. The quantitative estimate of drug-likeness (QED) is 0.210. The van der Waals surface area contributed by atoms with Crippen LogP contribution in [0.15, 0.2) is 88.9 Å². The number of rotatable bonds is 9. The number of carbonyl (C=O) groups is 2. The summed E-state index contributed by atoms with van der Waals surface area (Å²) in [6.45, 7) is 4.76. The van der Waals surface area contributed by atoms with E-state index in [9.17, 15) is 14.7 Å². The van der Waals surface area contributed by atoms with Crippen LogP contribution in [-0.2, 0) is 20.9 Å². The van der Waals surface area contributed by atoms with Crippen molar-refractivity contribution < 1.29 is 24.2 Å². The predicted molar refractivity (Wildman–Crippen MR) is 152 cm³/mol. The lowest BCUT2D eigenvalue weighted by Crippen LogP contribution is -2.38. The minimum atomic E-state index is -0.693. The Kier molecular flexibility index (Phi) is 8.76. The normalized spacial score (nSPS) is 19.4. The number of hydrogen-bond acceptors (Lipinski definition) is 6. The van der Waals surface area contributed by atoms with E-state index in [1.165, 1.54) is 0 Å². The molecular formula is C31H31BrN2O5. The summed E-state index contributed by atoms with van der Waals surface area (Å²) in [6.07, 6.45) is 0.708. The van der Waals surface area contributed by atoms with Crippen molar-refractivity contribution in [3.05, 3.63) is 106 Å². The molecule has 3 aromatic carbocycles. The number of ketones is 1. The molecule has 5 rings (SSSR count). The van der Waals surface area contributed by atoms with Crippen LogP contribution in [0.1, 0.15) is 29.2 Å². The SMILES string of the molecule is O=C1C(=O)N(CCCN2CCOCC2)[C@@H](c2ccc(OCc3ccccc3)cc2)C1=C(O)c1ccc(Br)cc1. The fourth-order valence-electron chi connectivity index (χ4n) is 5.00. The van der Waals surface area contributed by atoms with Crippen molar-refractivity contribution in [2.45, 2.75) is 19.1 Å². The molecule has 0 saturated carbocycles. The second-order valence-electron chi connectivity index (χ2n) is 9.65. The second kappa shape index (κ2) is 12.6. The highest BCUT2D eigenvalue weighted by molar-refractivity contribution is 9.10. The third kappa shape index (κ3) is 6.41. The zero-order valence-corrected chi connectivity index (χ0v) is 23.2. The number of amides is 1. The molecule has 1 N–H and O–H groups in total. The van der Waals surface area contributed by atoms with Gasteiger partial charge in [0.15, 0.2) is 0 Å². The van der Waals surface area contributed by atoms with Crippen molar-refractivity contribution in [3.63, 3.8) is 0 Å². The lowest BCUT2D eigenvalue weighted by Gasteiger charge is -2.29. The van der Waals surface area contributed by atoms with Gasteiger partial charge in [-0.1, -0.05) is 70.5 Å². The molecular weight excluding hydrogens is 560 g/mol.